The van der Waals surface area contributed by atoms with E-state index in [9.17, 15) is 8.92 Å². The number of benzene rings is 18. The maximum atomic E-state index is 12.8. The summed E-state index contributed by atoms with van der Waals surface area (Å²) in [5.41, 5.74) is 16.9. The van der Waals surface area contributed by atoms with Gasteiger partial charge in [-0.25, -0.2) is 0 Å². The molecule has 0 aromatic heterocycles. The Morgan fingerprint density at radius 2 is 0.504 bits per heavy atom. The molecule has 10 nitrogen and oxygen atoms in total. The van der Waals surface area contributed by atoms with E-state index >= 15 is 0 Å². The number of nitrogens with zero attached hydrogens (tertiary/aromatic N) is 4. The highest BCUT2D eigenvalue weighted by molar-refractivity contribution is 7.20. The van der Waals surface area contributed by atoms with E-state index in [1.54, 1.807) is 0 Å². The van der Waals surface area contributed by atoms with Crippen molar-refractivity contribution in [2.45, 2.75) is 145 Å². The third kappa shape index (κ3) is 25.1. The van der Waals surface area contributed by atoms with Crippen LogP contribution in [0.2, 0.25) is 81.8 Å². The molecule has 18 aromatic rings. The molecular formula is C124H138N4O6Si7. The summed E-state index contributed by atoms with van der Waals surface area (Å²) in [5, 5.41) is 14.8. The molecule has 0 radical (unpaired) electrons. The molecule has 18 rings (SSSR count). The molecule has 0 saturated heterocycles. The summed E-state index contributed by atoms with van der Waals surface area (Å²) in [5.74, 6) is 1.65. The number of ether oxygens (including phenoxy) is 2. The van der Waals surface area contributed by atoms with E-state index in [1.165, 1.54) is 63.8 Å². The van der Waals surface area contributed by atoms with Crippen LogP contribution in [0.4, 0.5) is 68.2 Å². The van der Waals surface area contributed by atoms with Crippen molar-refractivity contribution in [3.05, 3.63) is 437 Å². The highest BCUT2D eigenvalue weighted by atomic mass is 28.4. The smallest absolute Gasteiger partial charge is 0.275 e. The standard InChI is InChI=1S/C68H70N2O3Si4.C52H52N2O3Si3.4CH4/c1-6-74(71)53-76(5,73-75(2,3)4)52-22-10-21-51-72-60-45-39-57(40-46-60)70(68-38-24-28-55-26-18-20-36-66(55)68)59-43-49-64(50-44-59)77(61-31-13-8-14-32-61,62-33-15-9-16-34-62)63-47-41-58(42-48-63)69(56-29-11-7-12-30-56)67-37-23-27-54-25-17-19-35-65(54)67;1-6-58(55)39-60(5,57-59(2,3)4)38-56-48-36-34-47(35-37-48)54(52-25-15-19-43-17-11-13-23-50(43)52)46-32-28-41(29-33-46)40-26-30-45(31-27-40)53(44-20-8-7-9-21-44)51-24-14-18-42-16-10-12-22-49(42)51;;;;/h7-9,11-20,23-50H,6,10,21-22,51-53H2,1-5H3;7-37H,6,38-39H2,1-5H3;4*1H4. The van der Waals surface area contributed by atoms with E-state index in [2.05, 4.69) is 497 Å². The van der Waals surface area contributed by atoms with Crippen LogP contribution in [0.3, 0.4) is 0 Å². The lowest BCUT2D eigenvalue weighted by Crippen LogP contribution is -2.74. The summed E-state index contributed by atoms with van der Waals surface area (Å²) in [7, 11) is -14.2. The zero-order valence-corrected chi connectivity index (χ0v) is 87.4. The van der Waals surface area contributed by atoms with Crippen LogP contribution >= 0.6 is 0 Å². The summed E-state index contributed by atoms with van der Waals surface area (Å²) in [6, 6.07) is 160. The number of para-hydroxylation sites is 2. The Kier molecular flexibility index (Phi) is 35.7. The normalized spacial score (nSPS) is 12.2. The molecule has 2 atom stereocenters. The van der Waals surface area contributed by atoms with E-state index in [4.69, 9.17) is 17.7 Å². The van der Waals surface area contributed by atoms with Gasteiger partial charge in [-0.1, -0.05) is 348 Å². The molecule has 2 unspecified atom stereocenters. The molecular weight excluding hydrogens is 1840 g/mol. The first kappa shape index (κ1) is 105. The van der Waals surface area contributed by atoms with Gasteiger partial charge in [0.25, 0.3) is 17.4 Å². The Labute approximate surface area is 847 Å². The van der Waals surface area contributed by atoms with Crippen LogP contribution in [-0.4, -0.2) is 71.5 Å². The van der Waals surface area contributed by atoms with Crippen LogP contribution in [0, 0.1) is 0 Å². The second-order valence-electron chi connectivity index (χ2n) is 38.1. The molecule has 0 aliphatic rings. The van der Waals surface area contributed by atoms with E-state index in [-0.39, 0.29) is 29.7 Å². The van der Waals surface area contributed by atoms with Gasteiger partial charge in [-0.3, -0.25) is 0 Å². The van der Waals surface area contributed by atoms with Crippen molar-refractivity contribution in [1.82, 2.24) is 0 Å². The van der Waals surface area contributed by atoms with Crippen LogP contribution in [0.15, 0.2) is 437 Å². The second-order valence-corrected chi connectivity index (χ2v) is 65.0. The van der Waals surface area contributed by atoms with Crippen LogP contribution in [0.1, 0.15) is 62.8 Å². The first-order chi connectivity index (χ1) is 66.6. The zero-order chi connectivity index (χ0) is 94.9. The SMILES string of the molecule is C.C.C.C.CC[Si](=O)C[Si](C)(CCCCCOc1ccc(N(c2ccc([Si](c3ccccc3)(c3ccccc3)c3ccc(N(c4ccccc4)c4cccc5ccccc45)cc3)cc2)c2cccc3ccccc23)cc1)O[Si](C)(C)C.CC[Si](=O)C[Si](C)(COc1ccc(N(c2ccc(-c3ccc(N(c4ccccc4)c4cccc5ccccc45)cc3)cc2)c2cccc3ccccc23)cc1)O[Si](C)(C)C. The average molecular weight is 1980 g/mol. The molecule has 0 aliphatic heterocycles. The van der Waals surface area contributed by atoms with Crippen molar-refractivity contribution < 1.29 is 26.6 Å². The quantitative estimate of drug-likeness (QED) is 0.0213. The lowest BCUT2D eigenvalue weighted by molar-refractivity contribution is 0.306. The lowest BCUT2D eigenvalue weighted by Gasteiger charge is -2.35. The highest BCUT2D eigenvalue weighted by Crippen LogP contribution is 2.46. The lowest BCUT2D eigenvalue weighted by atomic mass is 10.0. The molecule has 0 aliphatic carbocycles. The van der Waals surface area contributed by atoms with Gasteiger partial charge < -0.3 is 46.2 Å². The van der Waals surface area contributed by atoms with Crippen molar-refractivity contribution in [3.8, 4) is 22.6 Å². The molecule has 0 heterocycles. The van der Waals surface area contributed by atoms with E-state index in [0.717, 1.165) is 128 Å². The van der Waals surface area contributed by atoms with Crippen LogP contribution < -0.4 is 49.8 Å². The first-order valence-corrected chi connectivity index (χ1v) is 66.3. The Balaban J connectivity index is 0.000000237. The predicted octanol–water partition coefficient (Wildman–Crippen LogP) is 33.7. The number of hydrogen-bond acceptors (Lipinski definition) is 10. The van der Waals surface area contributed by atoms with Gasteiger partial charge in [-0.2, -0.15) is 0 Å². The summed E-state index contributed by atoms with van der Waals surface area (Å²) < 4.78 is 51.9. The van der Waals surface area contributed by atoms with Gasteiger partial charge in [-0.15, -0.1) is 0 Å². The highest BCUT2D eigenvalue weighted by Gasteiger charge is 2.43. The van der Waals surface area contributed by atoms with Gasteiger partial charge in [0.2, 0.25) is 8.32 Å². The maximum absolute atomic E-state index is 12.8. The van der Waals surface area contributed by atoms with Crippen LogP contribution in [0.25, 0.3) is 54.2 Å². The van der Waals surface area contributed by atoms with Crippen molar-refractivity contribution in [3.63, 3.8) is 0 Å². The molecule has 17 heteroatoms. The third-order valence-corrected chi connectivity index (χ3v) is 52.1. The monoisotopic (exact) mass is 1970 g/mol. The second kappa shape index (κ2) is 47.9. The van der Waals surface area contributed by atoms with Gasteiger partial charge >= 0.3 is 0 Å². The van der Waals surface area contributed by atoms with Gasteiger partial charge in [0.05, 0.1) is 29.4 Å². The molecule has 141 heavy (non-hydrogen) atoms. The van der Waals surface area contributed by atoms with Crippen LogP contribution in [-0.2, 0) is 17.2 Å². The minimum absolute atomic E-state index is 0. The molecule has 0 N–H and O–H groups in total. The number of fused-ring (bicyclic) bond motifs is 4. The number of anilines is 12. The van der Waals surface area contributed by atoms with Crippen LogP contribution in [0.5, 0.6) is 11.5 Å². The molecule has 0 amide bonds. The average Bonchev–Trinajstić information content (AvgIpc) is 0.726. The zero-order valence-electron chi connectivity index (χ0n) is 80.4. The summed E-state index contributed by atoms with van der Waals surface area (Å²) in [4.78, 5) is 9.44. The van der Waals surface area contributed by atoms with Gasteiger partial charge in [0.15, 0.2) is 33.0 Å². The van der Waals surface area contributed by atoms with Crippen molar-refractivity contribution >= 4 is 191 Å². The Bertz CT molecular complexity index is 7050. The minimum Gasteiger partial charge on any atom is -0.494 e. The molecule has 0 saturated carbocycles. The van der Waals surface area contributed by atoms with Crippen molar-refractivity contribution in [2.75, 3.05) is 32.4 Å². The summed E-state index contributed by atoms with van der Waals surface area (Å²) in [6.07, 6.45) is 3.60. The number of rotatable bonds is 37. The third-order valence-electron chi connectivity index (χ3n) is 25.6. The molecule has 718 valence electrons. The van der Waals surface area contributed by atoms with E-state index in [0.29, 0.717) is 24.5 Å². The predicted molar refractivity (Wildman–Crippen MR) is 623 cm³/mol. The van der Waals surface area contributed by atoms with Gasteiger partial charge in [0, 0.05) is 78.4 Å². The number of hydrogen-bond donors (Lipinski definition) is 0. The van der Waals surface area contributed by atoms with E-state index < -0.39 is 58.7 Å². The Morgan fingerprint density at radius 1 is 0.248 bits per heavy atom. The fraction of sp³-hybridized carbons (Fsp3) is 0.194. The molecule has 0 fully saturated rings. The molecule has 0 bridgehead atoms. The van der Waals surface area contributed by atoms with Crippen molar-refractivity contribution in [1.29, 1.82) is 0 Å². The minimum atomic E-state index is -2.94. The molecule has 18 aromatic carbocycles. The van der Waals surface area contributed by atoms with E-state index in [1.807, 2.05) is 26.0 Å². The van der Waals surface area contributed by atoms with Gasteiger partial charge in [0.1, 0.15) is 17.7 Å². The first-order valence-electron chi connectivity index (χ1n) is 48.2. The Morgan fingerprint density at radius 3 is 0.823 bits per heavy atom. The molecule has 0 spiro atoms. The van der Waals surface area contributed by atoms with Crippen molar-refractivity contribution in [2.24, 2.45) is 0 Å². The fourth-order valence-electron chi connectivity index (χ4n) is 19.6. The van der Waals surface area contributed by atoms with Gasteiger partial charge in [-0.05, 0) is 276 Å². The largest absolute Gasteiger partial charge is 0.494 e. The summed E-state index contributed by atoms with van der Waals surface area (Å²) >= 11 is 0. The maximum Gasteiger partial charge on any atom is 0.275 e. The topological polar surface area (TPSA) is 84.0 Å². The Hall–Kier alpha value is -13.2. The fourth-order valence-corrected chi connectivity index (χ4v) is 49.9. The number of unbranched alkanes of at least 4 members (excludes halogenated alkanes) is 2. The summed E-state index contributed by atoms with van der Waals surface area (Å²) in [6.45, 7) is 22.6.